The second kappa shape index (κ2) is 5.48. The van der Waals surface area contributed by atoms with Crippen molar-refractivity contribution in [1.29, 1.82) is 0 Å². The van der Waals surface area contributed by atoms with Crippen molar-refractivity contribution in [2.45, 2.75) is 52.4 Å². The van der Waals surface area contributed by atoms with Gasteiger partial charge in [-0.1, -0.05) is 13.8 Å². The Morgan fingerprint density at radius 2 is 2.12 bits per heavy atom. The molecule has 0 bridgehead atoms. The van der Waals surface area contributed by atoms with Crippen LogP contribution in [0.25, 0.3) is 0 Å². The van der Waals surface area contributed by atoms with Crippen LogP contribution in [0.5, 0.6) is 0 Å². The van der Waals surface area contributed by atoms with Gasteiger partial charge in [0.1, 0.15) is 11.6 Å². The highest BCUT2D eigenvalue weighted by Crippen LogP contribution is 2.39. The fourth-order valence-corrected chi connectivity index (χ4v) is 1.91. The first-order chi connectivity index (χ1) is 8.19. The normalized spacial score (nSPS) is 15.3. The van der Waals surface area contributed by atoms with E-state index in [9.17, 15) is 0 Å². The Morgan fingerprint density at radius 1 is 1.35 bits per heavy atom. The van der Waals surface area contributed by atoms with Crippen molar-refractivity contribution < 1.29 is 0 Å². The van der Waals surface area contributed by atoms with E-state index >= 15 is 0 Å². The van der Waals surface area contributed by atoms with E-state index in [1.165, 1.54) is 25.0 Å². The lowest BCUT2D eigenvalue weighted by atomic mass is 10.1. The number of hydrogen-bond acceptors (Lipinski definition) is 3. The van der Waals surface area contributed by atoms with Crippen LogP contribution in [0.15, 0.2) is 6.07 Å². The Balaban J connectivity index is 2.12. The molecule has 0 saturated heterocycles. The minimum absolute atomic E-state index is 0.702. The van der Waals surface area contributed by atoms with E-state index in [4.69, 9.17) is 4.98 Å². The molecule has 0 amide bonds. The van der Waals surface area contributed by atoms with E-state index < -0.39 is 0 Å². The highest BCUT2D eigenvalue weighted by atomic mass is 15.0. The summed E-state index contributed by atoms with van der Waals surface area (Å²) < 4.78 is 0. The van der Waals surface area contributed by atoms with Gasteiger partial charge in [-0.3, -0.25) is 0 Å². The predicted molar refractivity (Wildman–Crippen MR) is 71.3 cm³/mol. The van der Waals surface area contributed by atoms with Crippen LogP contribution in [0, 0.1) is 5.92 Å². The van der Waals surface area contributed by atoms with Crippen molar-refractivity contribution in [3.05, 3.63) is 17.6 Å². The van der Waals surface area contributed by atoms with Crippen molar-refractivity contribution in [3.63, 3.8) is 0 Å². The maximum absolute atomic E-state index is 4.70. The maximum atomic E-state index is 4.70. The van der Waals surface area contributed by atoms with E-state index in [1.807, 2.05) is 0 Å². The van der Waals surface area contributed by atoms with Crippen LogP contribution < -0.4 is 5.32 Å². The Labute approximate surface area is 104 Å². The molecule has 0 radical (unpaired) electrons. The van der Waals surface area contributed by atoms with Crippen molar-refractivity contribution in [1.82, 2.24) is 9.97 Å². The Morgan fingerprint density at radius 3 is 2.71 bits per heavy atom. The van der Waals surface area contributed by atoms with Crippen molar-refractivity contribution in [2.24, 2.45) is 5.92 Å². The Hall–Kier alpha value is -1.12. The Bertz CT molecular complexity index is 370. The third-order valence-corrected chi connectivity index (χ3v) is 3.09. The maximum Gasteiger partial charge on any atom is 0.131 e. The molecule has 0 unspecified atom stereocenters. The minimum Gasteiger partial charge on any atom is -0.370 e. The van der Waals surface area contributed by atoms with Gasteiger partial charge in [0, 0.05) is 30.6 Å². The molecule has 1 fully saturated rings. The molecular weight excluding hydrogens is 210 g/mol. The molecular formula is C14H23N3. The third-order valence-electron chi connectivity index (χ3n) is 3.09. The van der Waals surface area contributed by atoms with E-state index in [0.717, 1.165) is 24.6 Å². The molecule has 2 rings (SSSR count). The molecule has 0 aromatic carbocycles. The van der Waals surface area contributed by atoms with Crippen molar-refractivity contribution in [3.8, 4) is 0 Å². The van der Waals surface area contributed by atoms with Crippen molar-refractivity contribution in [2.75, 3.05) is 11.9 Å². The van der Waals surface area contributed by atoms with Gasteiger partial charge in [-0.2, -0.15) is 0 Å². The number of aryl methyl sites for hydroxylation is 1. The molecule has 3 heteroatoms. The van der Waals surface area contributed by atoms with Gasteiger partial charge in [0.2, 0.25) is 0 Å². The lowest BCUT2D eigenvalue weighted by Gasteiger charge is -2.09. The van der Waals surface area contributed by atoms with Crippen LogP contribution >= 0.6 is 0 Å². The highest BCUT2D eigenvalue weighted by Gasteiger charge is 2.26. The zero-order valence-electron chi connectivity index (χ0n) is 11.2. The van der Waals surface area contributed by atoms with Gasteiger partial charge < -0.3 is 5.32 Å². The standard InChI is InChI=1S/C14H23N3/c1-4-15-14-9-12(11-6-7-11)16-13(17-14)8-5-10(2)3/h9-11H,4-8H2,1-3H3,(H,15,16,17). The molecule has 0 spiro atoms. The van der Waals surface area contributed by atoms with E-state index in [2.05, 4.69) is 37.1 Å². The lowest BCUT2D eigenvalue weighted by molar-refractivity contribution is 0.573. The first-order valence-electron chi connectivity index (χ1n) is 6.80. The summed E-state index contributed by atoms with van der Waals surface area (Å²) in [7, 11) is 0. The summed E-state index contributed by atoms with van der Waals surface area (Å²) >= 11 is 0. The topological polar surface area (TPSA) is 37.8 Å². The summed E-state index contributed by atoms with van der Waals surface area (Å²) in [5.41, 5.74) is 1.25. The lowest BCUT2D eigenvalue weighted by Crippen LogP contribution is -2.06. The number of aromatic nitrogens is 2. The summed E-state index contributed by atoms with van der Waals surface area (Å²) in [5, 5.41) is 3.31. The predicted octanol–water partition coefficient (Wildman–Crippen LogP) is 3.37. The molecule has 1 aromatic rings. The zero-order valence-corrected chi connectivity index (χ0v) is 11.2. The van der Waals surface area contributed by atoms with Gasteiger partial charge in [-0.25, -0.2) is 9.97 Å². The summed E-state index contributed by atoms with van der Waals surface area (Å²) in [6.45, 7) is 7.52. The molecule has 1 heterocycles. The molecule has 1 aliphatic carbocycles. The molecule has 1 N–H and O–H groups in total. The average Bonchev–Trinajstić information content (AvgIpc) is 3.10. The monoisotopic (exact) mass is 233 g/mol. The van der Waals surface area contributed by atoms with Crippen LogP contribution in [0.1, 0.15) is 57.5 Å². The fraction of sp³-hybridized carbons (Fsp3) is 0.714. The molecule has 1 aromatic heterocycles. The first-order valence-corrected chi connectivity index (χ1v) is 6.80. The van der Waals surface area contributed by atoms with Gasteiger partial charge in [-0.05, 0) is 32.1 Å². The van der Waals surface area contributed by atoms with Gasteiger partial charge in [0.15, 0.2) is 0 Å². The smallest absolute Gasteiger partial charge is 0.131 e. The zero-order chi connectivity index (χ0) is 12.3. The SMILES string of the molecule is CCNc1cc(C2CC2)nc(CCC(C)C)n1. The number of nitrogens with zero attached hydrogens (tertiary/aromatic N) is 2. The molecule has 1 aliphatic rings. The summed E-state index contributed by atoms with van der Waals surface area (Å²) in [6.07, 6.45) is 4.76. The minimum atomic E-state index is 0.702. The molecule has 0 aliphatic heterocycles. The van der Waals surface area contributed by atoms with Crippen LogP contribution in [0.4, 0.5) is 5.82 Å². The number of anilines is 1. The quantitative estimate of drug-likeness (QED) is 0.818. The number of rotatable bonds is 6. The molecule has 3 nitrogen and oxygen atoms in total. The molecule has 94 valence electrons. The van der Waals surface area contributed by atoms with Crippen LogP contribution in [-0.2, 0) is 6.42 Å². The second-order valence-corrected chi connectivity index (χ2v) is 5.33. The summed E-state index contributed by atoms with van der Waals surface area (Å²) in [4.78, 5) is 9.28. The van der Waals surface area contributed by atoms with E-state index in [1.54, 1.807) is 0 Å². The van der Waals surface area contributed by atoms with Gasteiger partial charge in [0.05, 0.1) is 0 Å². The Kier molecular flexibility index (Phi) is 3.97. The number of hydrogen-bond donors (Lipinski definition) is 1. The van der Waals surface area contributed by atoms with Gasteiger partial charge in [-0.15, -0.1) is 0 Å². The fourth-order valence-electron chi connectivity index (χ4n) is 1.91. The molecule has 17 heavy (non-hydrogen) atoms. The van der Waals surface area contributed by atoms with Crippen LogP contribution in [0.3, 0.4) is 0 Å². The average molecular weight is 233 g/mol. The summed E-state index contributed by atoms with van der Waals surface area (Å²) in [5.74, 6) is 3.43. The third kappa shape index (κ3) is 3.69. The van der Waals surface area contributed by atoms with Gasteiger partial charge in [0.25, 0.3) is 0 Å². The first kappa shape index (κ1) is 12.3. The number of nitrogens with one attached hydrogen (secondary N) is 1. The van der Waals surface area contributed by atoms with Crippen LogP contribution in [-0.4, -0.2) is 16.5 Å². The second-order valence-electron chi connectivity index (χ2n) is 5.33. The van der Waals surface area contributed by atoms with E-state index in [0.29, 0.717) is 11.8 Å². The van der Waals surface area contributed by atoms with Crippen LogP contribution in [0.2, 0.25) is 0 Å². The molecule has 1 saturated carbocycles. The van der Waals surface area contributed by atoms with Gasteiger partial charge >= 0.3 is 0 Å². The molecule has 0 atom stereocenters. The highest BCUT2D eigenvalue weighted by molar-refractivity contribution is 5.38. The summed E-state index contributed by atoms with van der Waals surface area (Å²) in [6, 6.07) is 2.13. The van der Waals surface area contributed by atoms with E-state index in [-0.39, 0.29) is 0 Å². The van der Waals surface area contributed by atoms with Crippen molar-refractivity contribution >= 4 is 5.82 Å². The largest absolute Gasteiger partial charge is 0.370 e.